The third-order valence-corrected chi connectivity index (χ3v) is 4.65. The first-order chi connectivity index (χ1) is 8.69. The normalized spacial score (nSPS) is 19.9. The third-order valence-electron chi connectivity index (χ3n) is 3.42. The van der Waals surface area contributed by atoms with E-state index in [2.05, 4.69) is 31.3 Å². The first-order valence-electron chi connectivity index (χ1n) is 6.79. The number of amides is 2. The van der Waals surface area contributed by atoms with E-state index in [9.17, 15) is 4.79 Å². The fourth-order valence-electron chi connectivity index (χ4n) is 2.36. The predicted octanol–water partition coefficient (Wildman–Crippen LogP) is 3.25. The van der Waals surface area contributed by atoms with Crippen molar-refractivity contribution >= 4 is 17.4 Å². The van der Waals surface area contributed by atoms with E-state index in [1.54, 1.807) is 11.3 Å². The molecule has 0 bridgehead atoms. The number of carbonyl (C=O) groups is 1. The minimum atomic E-state index is 0.0907. The maximum Gasteiger partial charge on any atom is 0.317 e. The summed E-state index contributed by atoms with van der Waals surface area (Å²) in [4.78, 5) is 16.6. The van der Waals surface area contributed by atoms with Gasteiger partial charge in [0.2, 0.25) is 0 Å². The van der Waals surface area contributed by atoms with Crippen LogP contribution >= 0.6 is 11.3 Å². The summed E-state index contributed by atoms with van der Waals surface area (Å²) in [5.41, 5.74) is 0. The van der Waals surface area contributed by atoms with Gasteiger partial charge < -0.3 is 10.2 Å². The molecule has 2 rings (SSSR count). The number of thiophene rings is 1. The number of hydrogen-bond donors (Lipinski definition) is 1. The SMILES string of the molecule is CCc1ccc(CNC(=O)N2CCCC(C)C2)s1. The molecule has 1 aromatic rings. The number of likely N-dealkylation sites (tertiary alicyclic amines) is 1. The Bertz CT molecular complexity index is 402. The molecule has 1 atom stereocenters. The Morgan fingerprint density at radius 3 is 2.94 bits per heavy atom. The molecule has 0 spiro atoms. The van der Waals surface area contributed by atoms with Crippen molar-refractivity contribution in [3.8, 4) is 0 Å². The van der Waals surface area contributed by atoms with Gasteiger partial charge in [0.1, 0.15) is 0 Å². The predicted molar refractivity (Wildman–Crippen MR) is 75.9 cm³/mol. The van der Waals surface area contributed by atoms with E-state index in [1.165, 1.54) is 16.2 Å². The van der Waals surface area contributed by atoms with Crippen molar-refractivity contribution in [3.05, 3.63) is 21.9 Å². The van der Waals surface area contributed by atoms with Crippen LogP contribution in [0, 0.1) is 5.92 Å². The highest BCUT2D eigenvalue weighted by Gasteiger charge is 2.20. The van der Waals surface area contributed by atoms with Crippen LogP contribution in [0.2, 0.25) is 0 Å². The first-order valence-corrected chi connectivity index (χ1v) is 7.61. The standard InChI is InChI=1S/C14H22N2OS/c1-3-12-6-7-13(18-12)9-15-14(17)16-8-4-5-11(2)10-16/h6-7,11H,3-5,8-10H2,1-2H3,(H,15,17). The molecule has 1 aliphatic heterocycles. The van der Waals surface area contributed by atoms with Crippen LogP contribution in [0.15, 0.2) is 12.1 Å². The molecule has 1 unspecified atom stereocenters. The Labute approximate surface area is 113 Å². The summed E-state index contributed by atoms with van der Waals surface area (Å²) >= 11 is 1.79. The summed E-state index contributed by atoms with van der Waals surface area (Å²) in [6.45, 7) is 6.83. The highest BCUT2D eigenvalue weighted by Crippen LogP contribution is 2.18. The van der Waals surface area contributed by atoms with Crippen LogP contribution in [-0.2, 0) is 13.0 Å². The van der Waals surface area contributed by atoms with Gasteiger partial charge in [-0.1, -0.05) is 13.8 Å². The van der Waals surface area contributed by atoms with Crippen molar-refractivity contribution in [2.24, 2.45) is 5.92 Å². The van der Waals surface area contributed by atoms with E-state index < -0.39 is 0 Å². The molecule has 0 saturated carbocycles. The summed E-state index contributed by atoms with van der Waals surface area (Å²) in [6, 6.07) is 4.35. The third kappa shape index (κ3) is 3.48. The Balaban J connectivity index is 1.80. The molecule has 1 aromatic heterocycles. The Morgan fingerprint density at radius 2 is 2.28 bits per heavy atom. The van der Waals surface area contributed by atoms with E-state index in [0.717, 1.165) is 25.9 Å². The Kier molecular flexibility index (Phi) is 4.64. The fraction of sp³-hybridized carbons (Fsp3) is 0.643. The average Bonchev–Trinajstić information content (AvgIpc) is 2.84. The van der Waals surface area contributed by atoms with Crippen LogP contribution in [0.4, 0.5) is 4.79 Å². The van der Waals surface area contributed by atoms with Crippen LogP contribution < -0.4 is 5.32 Å². The smallest absolute Gasteiger partial charge is 0.317 e. The molecule has 3 nitrogen and oxygen atoms in total. The second-order valence-corrected chi connectivity index (χ2v) is 6.33. The zero-order chi connectivity index (χ0) is 13.0. The largest absolute Gasteiger partial charge is 0.333 e. The summed E-state index contributed by atoms with van der Waals surface area (Å²) in [5.74, 6) is 0.637. The van der Waals surface area contributed by atoms with E-state index in [4.69, 9.17) is 0 Å². The monoisotopic (exact) mass is 266 g/mol. The van der Waals surface area contributed by atoms with Crippen molar-refractivity contribution in [1.82, 2.24) is 10.2 Å². The number of hydrogen-bond acceptors (Lipinski definition) is 2. The summed E-state index contributed by atoms with van der Waals surface area (Å²) in [7, 11) is 0. The van der Waals surface area contributed by atoms with Crippen molar-refractivity contribution in [3.63, 3.8) is 0 Å². The van der Waals surface area contributed by atoms with Gasteiger partial charge in [-0.15, -0.1) is 11.3 Å². The lowest BCUT2D eigenvalue weighted by Gasteiger charge is -2.30. The van der Waals surface area contributed by atoms with Gasteiger partial charge in [-0.25, -0.2) is 4.79 Å². The molecule has 2 amide bonds. The molecule has 0 aromatic carbocycles. The minimum Gasteiger partial charge on any atom is -0.333 e. The van der Waals surface area contributed by atoms with E-state index >= 15 is 0 Å². The number of urea groups is 1. The molecule has 2 heterocycles. The van der Waals surface area contributed by atoms with Crippen molar-refractivity contribution in [2.75, 3.05) is 13.1 Å². The van der Waals surface area contributed by atoms with Gasteiger partial charge >= 0.3 is 6.03 Å². The lowest BCUT2D eigenvalue weighted by Crippen LogP contribution is -2.44. The van der Waals surface area contributed by atoms with Crippen LogP contribution in [0.25, 0.3) is 0 Å². The molecule has 1 saturated heterocycles. The molecule has 1 N–H and O–H groups in total. The van der Waals surface area contributed by atoms with Gasteiger partial charge in [0.05, 0.1) is 6.54 Å². The van der Waals surface area contributed by atoms with E-state index in [1.807, 2.05) is 4.90 Å². The lowest BCUT2D eigenvalue weighted by atomic mass is 10.0. The number of aryl methyl sites for hydroxylation is 1. The lowest BCUT2D eigenvalue weighted by molar-refractivity contribution is 0.169. The molecule has 18 heavy (non-hydrogen) atoms. The number of nitrogens with one attached hydrogen (secondary N) is 1. The maximum absolute atomic E-state index is 12.0. The second-order valence-electron chi connectivity index (χ2n) is 5.07. The quantitative estimate of drug-likeness (QED) is 0.895. The van der Waals surface area contributed by atoms with Gasteiger partial charge in [0, 0.05) is 22.8 Å². The van der Waals surface area contributed by atoms with Gasteiger partial charge in [-0.05, 0) is 37.3 Å². The molecule has 1 aliphatic rings. The summed E-state index contributed by atoms with van der Waals surface area (Å²) < 4.78 is 0. The molecule has 1 fully saturated rings. The van der Waals surface area contributed by atoms with Gasteiger partial charge in [-0.3, -0.25) is 0 Å². The first kappa shape index (κ1) is 13.4. The highest BCUT2D eigenvalue weighted by atomic mass is 32.1. The molecule has 0 radical (unpaired) electrons. The number of carbonyl (C=O) groups excluding carboxylic acids is 1. The average molecular weight is 266 g/mol. The number of piperidine rings is 1. The number of nitrogens with zero attached hydrogens (tertiary/aromatic N) is 1. The fourth-order valence-corrected chi connectivity index (χ4v) is 3.25. The topological polar surface area (TPSA) is 32.3 Å². The van der Waals surface area contributed by atoms with Crippen LogP contribution in [0.5, 0.6) is 0 Å². The van der Waals surface area contributed by atoms with Gasteiger partial charge in [0.15, 0.2) is 0 Å². The highest BCUT2D eigenvalue weighted by molar-refractivity contribution is 7.11. The maximum atomic E-state index is 12.0. The Morgan fingerprint density at radius 1 is 1.50 bits per heavy atom. The zero-order valence-corrected chi connectivity index (χ0v) is 12.1. The Hall–Kier alpha value is -1.03. The molecule has 4 heteroatoms. The van der Waals surface area contributed by atoms with Gasteiger partial charge in [0.25, 0.3) is 0 Å². The van der Waals surface area contributed by atoms with Gasteiger partial charge in [-0.2, -0.15) is 0 Å². The zero-order valence-electron chi connectivity index (χ0n) is 11.2. The minimum absolute atomic E-state index is 0.0907. The molecular weight excluding hydrogens is 244 g/mol. The van der Waals surface area contributed by atoms with Crippen LogP contribution in [0.1, 0.15) is 36.4 Å². The van der Waals surface area contributed by atoms with E-state index in [0.29, 0.717) is 12.5 Å². The van der Waals surface area contributed by atoms with Crippen molar-refractivity contribution in [1.29, 1.82) is 0 Å². The molecule has 0 aliphatic carbocycles. The molecule has 100 valence electrons. The van der Waals surface area contributed by atoms with Crippen molar-refractivity contribution < 1.29 is 4.79 Å². The van der Waals surface area contributed by atoms with Crippen LogP contribution in [0.3, 0.4) is 0 Å². The van der Waals surface area contributed by atoms with Crippen molar-refractivity contribution in [2.45, 2.75) is 39.7 Å². The molecular formula is C14H22N2OS. The second kappa shape index (κ2) is 6.23. The summed E-state index contributed by atoms with van der Waals surface area (Å²) in [6.07, 6.45) is 3.45. The number of rotatable bonds is 3. The summed E-state index contributed by atoms with van der Waals surface area (Å²) in [5, 5.41) is 3.02. The van der Waals surface area contributed by atoms with E-state index in [-0.39, 0.29) is 6.03 Å². The van der Waals surface area contributed by atoms with Crippen LogP contribution in [-0.4, -0.2) is 24.0 Å².